The number of amides is 1. The standard InChI is InChI=1S/C26H26N6O2/c1-31-7-9-32(10-8-31)24-14-17(4-5-27-24)19-12-21-22(16-30-25(21)29-15-19)18-2-3-20-23(13-18)34-11-6-28-26(20)33/h2-5,12-16H,6-11H2,1H3,(H,28,33)(H,29,30). The Morgan fingerprint density at radius 2 is 1.82 bits per heavy atom. The van der Waals surface area contributed by atoms with E-state index in [1.165, 1.54) is 0 Å². The van der Waals surface area contributed by atoms with Crippen molar-refractivity contribution in [2.45, 2.75) is 0 Å². The fraction of sp³-hybridized carbons (Fsp3) is 0.269. The monoisotopic (exact) mass is 454 g/mol. The third-order valence-electron chi connectivity index (χ3n) is 6.62. The van der Waals surface area contributed by atoms with E-state index in [0.29, 0.717) is 24.5 Å². The molecule has 0 bridgehead atoms. The van der Waals surface area contributed by atoms with Crippen molar-refractivity contribution in [1.82, 2.24) is 25.2 Å². The summed E-state index contributed by atoms with van der Waals surface area (Å²) in [6.07, 6.45) is 5.73. The summed E-state index contributed by atoms with van der Waals surface area (Å²) >= 11 is 0. The molecule has 2 N–H and O–H groups in total. The molecule has 8 heteroatoms. The Labute approximate surface area is 197 Å². The zero-order valence-corrected chi connectivity index (χ0v) is 19.0. The quantitative estimate of drug-likeness (QED) is 0.495. The molecule has 3 aromatic heterocycles. The predicted molar refractivity (Wildman–Crippen MR) is 132 cm³/mol. The first-order chi connectivity index (χ1) is 16.7. The second-order valence-electron chi connectivity index (χ2n) is 8.83. The van der Waals surface area contributed by atoms with Crippen LogP contribution in [0.3, 0.4) is 0 Å². The molecule has 0 radical (unpaired) electrons. The summed E-state index contributed by atoms with van der Waals surface area (Å²) in [5.74, 6) is 1.51. The van der Waals surface area contributed by atoms with Crippen molar-refractivity contribution >= 4 is 22.8 Å². The average molecular weight is 455 g/mol. The second-order valence-corrected chi connectivity index (χ2v) is 8.83. The zero-order valence-electron chi connectivity index (χ0n) is 19.0. The van der Waals surface area contributed by atoms with E-state index in [0.717, 1.165) is 65.3 Å². The number of pyridine rings is 2. The number of aromatic amines is 1. The Morgan fingerprint density at radius 1 is 0.941 bits per heavy atom. The van der Waals surface area contributed by atoms with Gasteiger partial charge in [0.05, 0.1) is 12.1 Å². The van der Waals surface area contributed by atoms with Gasteiger partial charge in [0.2, 0.25) is 0 Å². The third-order valence-corrected chi connectivity index (χ3v) is 6.62. The summed E-state index contributed by atoms with van der Waals surface area (Å²) in [6.45, 7) is 5.00. The predicted octanol–water partition coefficient (Wildman–Crippen LogP) is 3.17. The smallest absolute Gasteiger partial charge is 0.255 e. The van der Waals surface area contributed by atoms with Crippen LogP contribution in [-0.4, -0.2) is 72.1 Å². The van der Waals surface area contributed by atoms with Crippen LogP contribution in [0.25, 0.3) is 33.3 Å². The van der Waals surface area contributed by atoms with Gasteiger partial charge in [-0.15, -0.1) is 0 Å². The molecule has 172 valence electrons. The molecule has 0 atom stereocenters. The fourth-order valence-corrected chi connectivity index (χ4v) is 4.62. The van der Waals surface area contributed by atoms with Gasteiger partial charge in [-0.25, -0.2) is 9.97 Å². The Morgan fingerprint density at radius 3 is 2.71 bits per heavy atom. The van der Waals surface area contributed by atoms with Crippen LogP contribution < -0.4 is 15.0 Å². The van der Waals surface area contributed by atoms with E-state index in [1.54, 1.807) is 0 Å². The minimum atomic E-state index is -0.101. The first-order valence-corrected chi connectivity index (χ1v) is 11.6. The molecule has 1 fully saturated rings. The minimum absolute atomic E-state index is 0.101. The lowest BCUT2D eigenvalue weighted by atomic mass is 10.0. The van der Waals surface area contributed by atoms with Crippen LogP contribution in [-0.2, 0) is 0 Å². The number of benzene rings is 1. The molecule has 0 aliphatic carbocycles. The van der Waals surface area contributed by atoms with Crippen molar-refractivity contribution < 1.29 is 9.53 Å². The van der Waals surface area contributed by atoms with E-state index >= 15 is 0 Å². The molecule has 1 amide bonds. The number of hydrogen-bond donors (Lipinski definition) is 2. The van der Waals surface area contributed by atoms with Gasteiger partial charge in [-0.1, -0.05) is 6.07 Å². The number of carbonyl (C=O) groups excluding carboxylic acids is 1. The van der Waals surface area contributed by atoms with E-state index in [4.69, 9.17) is 4.74 Å². The molecule has 0 saturated carbocycles. The topological polar surface area (TPSA) is 86.4 Å². The van der Waals surface area contributed by atoms with Crippen LogP contribution in [0.2, 0.25) is 0 Å². The maximum absolute atomic E-state index is 12.3. The summed E-state index contributed by atoms with van der Waals surface area (Å²) in [4.78, 5) is 29.5. The number of hydrogen-bond acceptors (Lipinski definition) is 6. The number of ether oxygens (including phenoxy) is 1. The van der Waals surface area contributed by atoms with Crippen LogP contribution in [0, 0.1) is 0 Å². The number of nitrogens with zero attached hydrogens (tertiary/aromatic N) is 4. The number of likely N-dealkylation sites (N-methyl/N-ethyl adjacent to an activating group) is 1. The highest BCUT2D eigenvalue weighted by Crippen LogP contribution is 2.34. The number of aromatic nitrogens is 3. The van der Waals surface area contributed by atoms with Gasteiger partial charge in [0.1, 0.15) is 23.8 Å². The van der Waals surface area contributed by atoms with Crippen LogP contribution in [0.15, 0.2) is 55.0 Å². The highest BCUT2D eigenvalue weighted by atomic mass is 16.5. The van der Waals surface area contributed by atoms with Gasteiger partial charge in [-0.3, -0.25) is 4.79 Å². The highest BCUT2D eigenvalue weighted by molar-refractivity contribution is 6.00. The molecular weight excluding hydrogens is 428 g/mol. The first-order valence-electron chi connectivity index (χ1n) is 11.6. The second kappa shape index (κ2) is 8.46. The van der Waals surface area contributed by atoms with Crippen molar-refractivity contribution in [2.24, 2.45) is 0 Å². The lowest BCUT2D eigenvalue weighted by Crippen LogP contribution is -2.44. The van der Waals surface area contributed by atoms with Gasteiger partial charge in [0.15, 0.2) is 0 Å². The number of carbonyl (C=O) groups is 1. The number of H-pyrrole nitrogens is 1. The van der Waals surface area contributed by atoms with Crippen molar-refractivity contribution in [3.63, 3.8) is 0 Å². The van der Waals surface area contributed by atoms with Crippen molar-refractivity contribution in [2.75, 3.05) is 51.3 Å². The maximum Gasteiger partial charge on any atom is 0.255 e. The van der Waals surface area contributed by atoms with Crippen molar-refractivity contribution in [1.29, 1.82) is 0 Å². The number of rotatable bonds is 3. The minimum Gasteiger partial charge on any atom is -0.491 e. The van der Waals surface area contributed by atoms with E-state index in [2.05, 4.69) is 49.2 Å². The van der Waals surface area contributed by atoms with Gasteiger partial charge in [0, 0.05) is 61.3 Å². The average Bonchev–Trinajstić information content (AvgIpc) is 3.21. The molecule has 34 heavy (non-hydrogen) atoms. The summed E-state index contributed by atoms with van der Waals surface area (Å²) in [6, 6.07) is 12.1. The number of anilines is 1. The van der Waals surface area contributed by atoms with E-state index in [9.17, 15) is 4.79 Å². The van der Waals surface area contributed by atoms with Crippen LogP contribution in [0.1, 0.15) is 10.4 Å². The molecule has 1 saturated heterocycles. The van der Waals surface area contributed by atoms with Crippen LogP contribution in [0.4, 0.5) is 5.82 Å². The molecule has 8 nitrogen and oxygen atoms in total. The molecule has 0 spiro atoms. The lowest BCUT2D eigenvalue weighted by molar-refractivity contribution is 0.0957. The van der Waals surface area contributed by atoms with Gasteiger partial charge >= 0.3 is 0 Å². The van der Waals surface area contributed by atoms with E-state index in [1.807, 2.05) is 42.9 Å². The van der Waals surface area contributed by atoms with Crippen LogP contribution in [0.5, 0.6) is 5.75 Å². The number of piperazine rings is 1. The van der Waals surface area contributed by atoms with Gasteiger partial charge in [-0.2, -0.15) is 0 Å². The Hall–Kier alpha value is -3.91. The zero-order chi connectivity index (χ0) is 23.1. The molecule has 2 aliphatic heterocycles. The maximum atomic E-state index is 12.3. The number of nitrogens with one attached hydrogen (secondary N) is 2. The third kappa shape index (κ3) is 3.76. The Kier molecular flexibility index (Phi) is 5.15. The lowest BCUT2D eigenvalue weighted by Gasteiger charge is -2.33. The Balaban J connectivity index is 1.36. The molecule has 6 rings (SSSR count). The molecule has 1 aromatic carbocycles. The first kappa shape index (κ1) is 20.7. The molecule has 4 aromatic rings. The van der Waals surface area contributed by atoms with Crippen molar-refractivity contribution in [3.05, 3.63) is 60.6 Å². The summed E-state index contributed by atoms with van der Waals surface area (Å²) in [5, 5.41) is 3.87. The summed E-state index contributed by atoms with van der Waals surface area (Å²) < 4.78 is 5.82. The summed E-state index contributed by atoms with van der Waals surface area (Å²) in [7, 11) is 2.15. The fourth-order valence-electron chi connectivity index (χ4n) is 4.62. The molecule has 0 unspecified atom stereocenters. The molecular formula is C26H26N6O2. The van der Waals surface area contributed by atoms with Gasteiger partial charge in [-0.05, 0) is 48.5 Å². The van der Waals surface area contributed by atoms with E-state index < -0.39 is 0 Å². The van der Waals surface area contributed by atoms with Crippen LogP contribution >= 0.6 is 0 Å². The Bertz CT molecular complexity index is 1370. The van der Waals surface area contributed by atoms with Gasteiger partial charge in [0.25, 0.3) is 5.91 Å². The van der Waals surface area contributed by atoms with Gasteiger partial charge < -0.3 is 24.8 Å². The normalized spacial score (nSPS) is 16.6. The largest absolute Gasteiger partial charge is 0.491 e. The SMILES string of the molecule is CN1CCN(c2cc(-c3cnc4[nH]cc(-c5ccc6c(c5)OCCNC6=O)c4c3)ccn2)CC1. The summed E-state index contributed by atoms with van der Waals surface area (Å²) in [5.41, 5.74) is 5.51. The van der Waals surface area contributed by atoms with E-state index in [-0.39, 0.29) is 5.91 Å². The molecule has 2 aliphatic rings. The highest BCUT2D eigenvalue weighted by Gasteiger charge is 2.19. The molecule has 5 heterocycles. The number of fused-ring (bicyclic) bond motifs is 2. The van der Waals surface area contributed by atoms with Crippen molar-refractivity contribution in [3.8, 4) is 28.0 Å².